The molecule has 0 aromatic carbocycles. The molecule has 7 heteroatoms. The van der Waals surface area contributed by atoms with Crippen LogP contribution in [0.25, 0.3) is 0 Å². The van der Waals surface area contributed by atoms with Crippen LogP contribution in [0, 0.1) is 13.8 Å². The number of aromatic nitrogens is 2. The number of ether oxygens (including phenoxy) is 1. The second-order valence-electron chi connectivity index (χ2n) is 4.13. The molecule has 0 aliphatic rings. The van der Waals surface area contributed by atoms with E-state index in [1.165, 1.54) is 7.11 Å². The number of hydrogen-bond acceptors (Lipinski definition) is 5. The lowest BCUT2D eigenvalue weighted by molar-refractivity contribution is -0.139. The summed E-state index contributed by atoms with van der Waals surface area (Å²) < 4.78 is 4.82. The number of aryl methyl sites for hydroxylation is 2. The molecule has 1 aromatic rings. The van der Waals surface area contributed by atoms with Crippen LogP contribution in [0.4, 0.5) is 0 Å². The molecule has 0 spiro atoms. The Balaban J connectivity index is 2.81. The van der Waals surface area contributed by atoms with Gasteiger partial charge >= 0.3 is 5.97 Å². The number of carbonyl (C=O) groups excluding carboxylic acids is 1. The fraction of sp³-hybridized carbons (Fsp3) is 0.500. The molecule has 1 atom stereocenters. The van der Waals surface area contributed by atoms with Gasteiger partial charge in [-0.2, -0.15) is 10.2 Å². The third-order valence-electron chi connectivity index (χ3n) is 2.56. The van der Waals surface area contributed by atoms with Gasteiger partial charge in [0.05, 0.1) is 17.0 Å². The highest BCUT2D eigenvalue weighted by Crippen LogP contribution is 2.06. The number of aliphatic carboxylic acids is 1. The number of carboxylic acid groups (broad SMARTS) is 1. The number of rotatable bonds is 6. The van der Waals surface area contributed by atoms with Crippen LogP contribution in [0.2, 0.25) is 0 Å². The molecule has 0 aliphatic carbocycles. The lowest BCUT2D eigenvalue weighted by atomic mass is 10.1. The predicted octanol–water partition coefficient (Wildman–Crippen LogP) is 0.313. The number of carbonyl (C=O) groups is 2. The Morgan fingerprint density at radius 2 is 2.11 bits per heavy atom. The van der Waals surface area contributed by atoms with E-state index in [-0.39, 0.29) is 13.0 Å². The Kier molecular flexibility index (Phi) is 5.37. The maximum absolute atomic E-state index is 12.0. The van der Waals surface area contributed by atoms with Gasteiger partial charge in [0.15, 0.2) is 0 Å². The monoisotopic (exact) mass is 267 g/mol. The summed E-state index contributed by atoms with van der Waals surface area (Å²) in [5, 5.41) is 19.1. The van der Waals surface area contributed by atoms with Crippen molar-refractivity contribution in [3.63, 3.8) is 0 Å². The molecular formula is C12H17N3O4. The van der Waals surface area contributed by atoms with Gasteiger partial charge < -0.3 is 15.2 Å². The van der Waals surface area contributed by atoms with Gasteiger partial charge in [-0.3, -0.25) is 4.79 Å². The molecule has 1 unspecified atom stereocenters. The molecule has 1 heterocycles. The van der Waals surface area contributed by atoms with E-state index in [0.29, 0.717) is 17.0 Å². The molecule has 1 rings (SSSR count). The zero-order valence-corrected chi connectivity index (χ0v) is 11.1. The van der Waals surface area contributed by atoms with E-state index in [0.717, 1.165) is 0 Å². The zero-order chi connectivity index (χ0) is 14.4. The van der Waals surface area contributed by atoms with Gasteiger partial charge in [0.25, 0.3) is 5.91 Å². The minimum Gasteiger partial charge on any atom is -0.480 e. The molecule has 7 nitrogen and oxygen atoms in total. The summed E-state index contributed by atoms with van der Waals surface area (Å²) in [7, 11) is 1.47. The molecule has 2 N–H and O–H groups in total. The minimum atomic E-state index is -1.10. The minimum absolute atomic E-state index is 0.202. The number of hydrogen-bond donors (Lipinski definition) is 2. The quantitative estimate of drug-likeness (QED) is 0.769. The van der Waals surface area contributed by atoms with Crippen LogP contribution < -0.4 is 5.32 Å². The Hall–Kier alpha value is -2.02. The van der Waals surface area contributed by atoms with Crippen molar-refractivity contribution < 1.29 is 19.4 Å². The van der Waals surface area contributed by atoms with Crippen molar-refractivity contribution in [3.05, 3.63) is 23.0 Å². The van der Waals surface area contributed by atoms with Gasteiger partial charge in [-0.15, -0.1) is 0 Å². The summed E-state index contributed by atoms with van der Waals surface area (Å²) >= 11 is 0. The maximum Gasteiger partial charge on any atom is 0.326 e. The van der Waals surface area contributed by atoms with Crippen molar-refractivity contribution in [2.75, 3.05) is 13.7 Å². The molecule has 0 aliphatic heterocycles. The Morgan fingerprint density at radius 3 is 2.68 bits per heavy atom. The molecule has 104 valence electrons. The van der Waals surface area contributed by atoms with Gasteiger partial charge in [-0.25, -0.2) is 4.79 Å². The highest BCUT2D eigenvalue weighted by atomic mass is 16.5. The van der Waals surface area contributed by atoms with Crippen molar-refractivity contribution in [1.82, 2.24) is 15.5 Å². The maximum atomic E-state index is 12.0. The van der Waals surface area contributed by atoms with Crippen LogP contribution in [-0.4, -0.2) is 46.9 Å². The molecule has 19 heavy (non-hydrogen) atoms. The SMILES string of the molecule is COCCC(NC(=O)c1cc(C)nnc1C)C(=O)O. The van der Waals surface area contributed by atoms with Crippen LogP contribution in [-0.2, 0) is 9.53 Å². The smallest absolute Gasteiger partial charge is 0.326 e. The van der Waals surface area contributed by atoms with Crippen molar-refractivity contribution >= 4 is 11.9 Å². The third kappa shape index (κ3) is 4.29. The first-order valence-electron chi connectivity index (χ1n) is 5.79. The number of nitrogens with zero attached hydrogens (tertiary/aromatic N) is 2. The van der Waals surface area contributed by atoms with Crippen molar-refractivity contribution in [1.29, 1.82) is 0 Å². The number of amides is 1. The molecule has 0 fully saturated rings. The summed E-state index contributed by atoms with van der Waals surface area (Å²) in [6.07, 6.45) is 0.202. The van der Waals surface area contributed by atoms with E-state index >= 15 is 0 Å². The predicted molar refractivity (Wildman–Crippen MR) is 66.9 cm³/mol. The van der Waals surface area contributed by atoms with Crippen molar-refractivity contribution in [3.8, 4) is 0 Å². The average Bonchev–Trinajstić information content (AvgIpc) is 2.36. The molecule has 0 saturated carbocycles. The van der Waals surface area contributed by atoms with Gasteiger partial charge in [-0.05, 0) is 19.9 Å². The summed E-state index contributed by atoms with van der Waals surface area (Å²) in [5.41, 5.74) is 1.38. The first-order chi connectivity index (χ1) is 8.95. The highest BCUT2D eigenvalue weighted by molar-refractivity contribution is 5.97. The fourth-order valence-electron chi connectivity index (χ4n) is 1.51. The standard InChI is InChI=1S/C12H17N3O4/c1-7-6-9(8(2)15-14-7)11(16)13-10(12(17)18)4-5-19-3/h6,10H,4-5H2,1-3H3,(H,13,16)(H,17,18). The van der Waals surface area contributed by atoms with Gasteiger partial charge in [0, 0.05) is 20.1 Å². The Labute approximate surface area is 111 Å². The second kappa shape index (κ2) is 6.79. The Morgan fingerprint density at radius 1 is 1.42 bits per heavy atom. The largest absolute Gasteiger partial charge is 0.480 e. The van der Waals surface area contributed by atoms with Crippen molar-refractivity contribution in [2.24, 2.45) is 0 Å². The normalized spacial score (nSPS) is 11.9. The molecule has 1 amide bonds. The molecule has 0 bridgehead atoms. The lowest BCUT2D eigenvalue weighted by Gasteiger charge is -2.14. The van der Waals surface area contributed by atoms with E-state index < -0.39 is 17.9 Å². The summed E-state index contributed by atoms with van der Waals surface area (Å²) in [4.78, 5) is 23.0. The number of carboxylic acids is 1. The van der Waals surface area contributed by atoms with Crippen LogP contribution >= 0.6 is 0 Å². The van der Waals surface area contributed by atoms with E-state index in [1.807, 2.05) is 0 Å². The van der Waals surface area contributed by atoms with E-state index in [9.17, 15) is 9.59 Å². The van der Waals surface area contributed by atoms with Crippen LogP contribution in [0.15, 0.2) is 6.07 Å². The highest BCUT2D eigenvalue weighted by Gasteiger charge is 2.21. The topological polar surface area (TPSA) is 101 Å². The Bertz CT molecular complexity index is 476. The van der Waals surface area contributed by atoms with Crippen molar-refractivity contribution in [2.45, 2.75) is 26.3 Å². The number of methoxy groups -OCH3 is 1. The van der Waals surface area contributed by atoms with Gasteiger partial charge in [-0.1, -0.05) is 0 Å². The summed E-state index contributed by atoms with van der Waals surface area (Å²) in [6, 6.07) is 0.590. The van der Waals surface area contributed by atoms with Crippen LogP contribution in [0.3, 0.4) is 0 Å². The first-order valence-corrected chi connectivity index (χ1v) is 5.79. The van der Waals surface area contributed by atoms with E-state index in [4.69, 9.17) is 9.84 Å². The van der Waals surface area contributed by atoms with E-state index in [2.05, 4.69) is 15.5 Å². The number of nitrogens with one attached hydrogen (secondary N) is 1. The molecule has 0 radical (unpaired) electrons. The van der Waals surface area contributed by atoms with E-state index in [1.54, 1.807) is 19.9 Å². The lowest BCUT2D eigenvalue weighted by Crippen LogP contribution is -2.41. The second-order valence-corrected chi connectivity index (χ2v) is 4.13. The van der Waals surface area contributed by atoms with Crippen LogP contribution in [0.5, 0.6) is 0 Å². The first kappa shape index (κ1) is 15.0. The average molecular weight is 267 g/mol. The zero-order valence-electron chi connectivity index (χ0n) is 11.1. The summed E-state index contributed by atoms with van der Waals surface area (Å²) in [5.74, 6) is -1.57. The molecular weight excluding hydrogens is 250 g/mol. The fourth-order valence-corrected chi connectivity index (χ4v) is 1.51. The van der Waals surface area contributed by atoms with Gasteiger partial charge in [0.1, 0.15) is 6.04 Å². The van der Waals surface area contributed by atoms with Gasteiger partial charge in [0.2, 0.25) is 0 Å². The summed E-state index contributed by atoms with van der Waals surface area (Å²) in [6.45, 7) is 3.61. The molecule has 0 saturated heterocycles. The van der Waals surface area contributed by atoms with Crippen LogP contribution in [0.1, 0.15) is 28.2 Å². The third-order valence-corrected chi connectivity index (χ3v) is 2.56. The molecule has 1 aromatic heterocycles.